The first-order valence-corrected chi connectivity index (χ1v) is 6.29. The number of ether oxygens (including phenoxy) is 1. The molecule has 7 heteroatoms. The van der Waals surface area contributed by atoms with E-state index in [2.05, 4.69) is 20.5 Å². The molecule has 2 aromatic heterocycles. The molecule has 0 saturated heterocycles. The zero-order chi connectivity index (χ0) is 14.5. The van der Waals surface area contributed by atoms with Gasteiger partial charge in [0.15, 0.2) is 5.82 Å². The Labute approximate surface area is 117 Å². The number of rotatable bonds is 5. The molecule has 2 rings (SSSR count). The molecule has 2 aromatic rings. The maximum absolute atomic E-state index is 12.1. The number of hydrogen-bond acceptors (Lipinski definition) is 5. The fourth-order valence-electron chi connectivity index (χ4n) is 1.81. The lowest BCUT2D eigenvalue weighted by molar-refractivity contribution is 0.0945. The molecule has 20 heavy (non-hydrogen) atoms. The van der Waals surface area contributed by atoms with Crippen LogP contribution in [-0.2, 0) is 6.54 Å². The summed E-state index contributed by atoms with van der Waals surface area (Å²) in [6.45, 7) is 4.35. The van der Waals surface area contributed by atoms with Crippen molar-refractivity contribution in [3.63, 3.8) is 0 Å². The van der Waals surface area contributed by atoms with E-state index in [0.29, 0.717) is 23.8 Å². The van der Waals surface area contributed by atoms with E-state index in [1.54, 1.807) is 24.7 Å². The number of carbonyl (C=O) groups is 1. The molecule has 0 aliphatic heterocycles. The number of pyridine rings is 1. The van der Waals surface area contributed by atoms with Gasteiger partial charge in [0.05, 0.1) is 13.7 Å². The number of hydrogen-bond donors (Lipinski definition) is 1. The summed E-state index contributed by atoms with van der Waals surface area (Å²) in [4.78, 5) is 16.1. The SMILES string of the molecule is COc1ncccc1C(=O)NCc1nncn1C(C)C. The molecule has 2 heterocycles. The van der Waals surface area contributed by atoms with Crippen molar-refractivity contribution in [2.24, 2.45) is 0 Å². The Morgan fingerprint density at radius 2 is 2.30 bits per heavy atom. The van der Waals surface area contributed by atoms with Crippen LogP contribution in [0.25, 0.3) is 0 Å². The maximum atomic E-state index is 12.1. The second-order valence-electron chi connectivity index (χ2n) is 4.49. The van der Waals surface area contributed by atoms with E-state index < -0.39 is 0 Å². The van der Waals surface area contributed by atoms with Gasteiger partial charge in [0.1, 0.15) is 11.9 Å². The molecular formula is C13H17N5O2. The molecule has 0 aromatic carbocycles. The summed E-state index contributed by atoms with van der Waals surface area (Å²) in [5, 5.41) is 10.6. The van der Waals surface area contributed by atoms with Crippen LogP contribution in [-0.4, -0.2) is 32.8 Å². The third-order valence-electron chi connectivity index (χ3n) is 2.82. The quantitative estimate of drug-likeness (QED) is 0.886. The number of aromatic nitrogens is 4. The maximum Gasteiger partial charge on any atom is 0.257 e. The predicted molar refractivity (Wildman–Crippen MR) is 72.4 cm³/mol. The minimum Gasteiger partial charge on any atom is -0.480 e. The molecule has 0 saturated carbocycles. The number of nitrogens with zero attached hydrogens (tertiary/aromatic N) is 4. The first kappa shape index (κ1) is 14.0. The van der Waals surface area contributed by atoms with Gasteiger partial charge < -0.3 is 14.6 Å². The predicted octanol–water partition coefficient (Wildman–Crippen LogP) is 1.19. The summed E-state index contributed by atoms with van der Waals surface area (Å²) in [6, 6.07) is 3.59. The third-order valence-corrected chi connectivity index (χ3v) is 2.82. The Kier molecular flexibility index (Phi) is 4.29. The minimum atomic E-state index is -0.256. The standard InChI is InChI=1S/C13H17N5O2/c1-9(2)18-8-16-17-11(18)7-15-12(19)10-5-4-6-14-13(10)20-3/h4-6,8-9H,7H2,1-3H3,(H,15,19). The van der Waals surface area contributed by atoms with Crippen molar-refractivity contribution >= 4 is 5.91 Å². The molecule has 0 spiro atoms. The molecule has 0 aliphatic carbocycles. The molecule has 7 nitrogen and oxygen atoms in total. The summed E-state index contributed by atoms with van der Waals surface area (Å²) in [5.41, 5.74) is 0.394. The number of carbonyl (C=O) groups excluding carboxylic acids is 1. The first-order chi connectivity index (χ1) is 9.63. The molecule has 0 radical (unpaired) electrons. The monoisotopic (exact) mass is 275 g/mol. The van der Waals surface area contributed by atoms with Crippen molar-refractivity contribution in [2.45, 2.75) is 26.4 Å². The second-order valence-corrected chi connectivity index (χ2v) is 4.49. The molecule has 0 bridgehead atoms. The smallest absolute Gasteiger partial charge is 0.257 e. The van der Waals surface area contributed by atoms with Crippen LogP contribution < -0.4 is 10.1 Å². The van der Waals surface area contributed by atoms with Crippen LogP contribution in [0.4, 0.5) is 0 Å². The van der Waals surface area contributed by atoms with Crippen molar-refractivity contribution in [3.8, 4) is 5.88 Å². The normalized spacial score (nSPS) is 10.6. The van der Waals surface area contributed by atoms with Gasteiger partial charge in [0.2, 0.25) is 5.88 Å². The van der Waals surface area contributed by atoms with Gasteiger partial charge in [-0.15, -0.1) is 10.2 Å². The van der Waals surface area contributed by atoms with Crippen LogP contribution in [0.5, 0.6) is 5.88 Å². The van der Waals surface area contributed by atoms with E-state index in [9.17, 15) is 4.79 Å². The lowest BCUT2D eigenvalue weighted by Crippen LogP contribution is -2.25. The van der Waals surface area contributed by atoms with Crippen LogP contribution in [0, 0.1) is 0 Å². The Morgan fingerprint density at radius 3 is 3.00 bits per heavy atom. The van der Waals surface area contributed by atoms with Crippen LogP contribution in [0.15, 0.2) is 24.7 Å². The highest BCUT2D eigenvalue weighted by atomic mass is 16.5. The Balaban J connectivity index is 2.07. The zero-order valence-electron chi connectivity index (χ0n) is 11.7. The van der Waals surface area contributed by atoms with Crippen LogP contribution in [0.1, 0.15) is 36.1 Å². The van der Waals surface area contributed by atoms with E-state index in [1.807, 2.05) is 18.4 Å². The summed E-state index contributed by atoms with van der Waals surface area (Å²) in [7, 11) is 1.48. The second kappa shape index (κ2) is 6.14. The number of nitrogens with one attached hydrogen (secondary N) is 1. The van der Waals surface area contributed by atoms with Crippen LogP contribution in [0.2, 0.25) is 0 Å². The average molecular weight is 275 g/mol. The van der Waals surface area contributed by atoms with Crippen molar-refractivity contribution in [2.75, 3.05) is 7.11 Å². The Bertz CT molecular complexity index is 594. The molecule has 0 unspecified atom stereocenters. The molecule has 106 valence electrons. The number of methoxy groups -OCH3 is 1. The van der Waals surface area contributed by atoms with Gasteiger partial charge in [-0.05, 0) is 26.0 Å². The van der Waals surface area contributed by atoms with Gasteiger partial charge in [0, 0.05) is 12.2 Å². The van der Waals surface area contributed by atoms with E-state index in [4.69, 9.17) is 4.74 Å². The van der Waals surface area contributed by atoms with Crippen molar-refractivity contribution in [1.82, 2.24) is 25.1 Å². The van der Waals surface area contributed by atoms with Gasteiger partial charge >= 0.3 is 0 Å². The van der Waals surface area contributed by atoms with Crippen LogP contribution >= 0.6 is 0 Å². The average Bonchev–Trinajstić information content (AvgIpc) is 2.93. The van der Waals surface area contributed by atoms with Crippen molar-refractivity contribution < 1.29 is 9.53 Å². The van der Waals surface area contributed by atoms with E-state index in [-0.39, 0.29) is 11.9 Å². The third kappa shape index (κ3) is 2.93. The Hall–Kier alpha value is -2.44. The molecule has 0 atom stereocenters. The van der Waals surface area contributed by atoms with Crippen molar-refractivity contribution in [3.05, 3.63) is 36.0 Å². The topological polar surface area (TPSA) is 81.9 Å². The van der Waals surface area contributed by atoms with Gasteiger partial charge in [-0.25, -0.2) is 4.98 Å². The van der Waals surface area contributed by atoms with Gasteiger partial charge in [0.25, 0.3) is 5.91 Å². The summed E-state index contributed by atoms with van der Waals surface area (Å²) < 4.78 is 6.96. The lowest BCUT2D eigenvalue weighted by Gasteiger charge is -2.11. The summed E-state index contributed by atoms with van der Waals surface area (Å²) >= 11 is 0. The molecular weight excluding hydrogens is 258 g/mol. The summed E-state index contributed by atoms with van der Waals surface area (Å²) in [5.74, 6) is 0.750. The highest BCUT2D eigenvalue weighted by Gasteiger charge is 2.14. The largest absolute Gasteiger partial charge is 0.480 e. The Morgan fingerprint density at radius 1 is 1.50 bits per heavy atom. The number of amides is 1. The fourth-order valence-corrected chi connectivity index (χ4v) is 1.81. The highest BCUT2D eigenvalue weighted by Crippen LogP contribution is 2.13. The van der Waals surface area contributed by atoms with E-state index >= 15 is 0 Å². The first-order valence-electron chi connectivity index (χ1n) is 6.29. The molecule has 0 fully saturated rings. The zero-order valence-corrected chi connectivity index (χ0v) is 11.7. The van der Waals surface area contributed by atoms with Gasteiger partial charge in [-0.1, -0.05) is 0 Å². The lowest BCUT2D eigenvalue weighted by atomic mass is 10.2. The molecule has 0 aliphatic rings. The van der Waals surface area contributed by atoms with Gasteiger partial charge in [-0.2, -0.15) is 0 Å². The molecule has 1 amide bonds. The summed E-state index contributed by atoms with van der Waals surface area (Å²) in [6.07, 6.45) is 3.22. The van der Waals surface area contributed by atoms with Crippen molar-refractivity contribution in [1.29, 1.82) is 0 Å². The fraction of sp³-hybridized carbons (Fsp3) is 0.385. The van der Waals surface area contributed by atoms with E-state index in [0.717, 1.165) is 0 Å². The minimum absolute atomic E-state index is 0.241. The molecule has 1 N–H and O–H groups in total. The highest BCUT2D eigenvalue weighted by molar-refractivity contribution is 5.96. The van der Waals surface area contributed by atoms with Crippen LogP contribution in [0.3, 0.4) is 0 Å². The van der Waals surface area contributed by atoms with Gasteiger partial charge in [-0.3, -0.25) is 4.79 Å². The van der Waals surface area contributed by atoms with E-state index in [1.165, 1.54) is 7.11 Å².